The number of hydrogen-bond acceptors (Lipinski definition) is 0. The van der Waals surface area contributed by atoms with E-state index in [1.54, 1.807) is 4.70 Å². The molecular formula is C57H96N2Ni. The van der Waals surface area contributed by atoms with Crippen LogP contribution in [0.25, 0.3) is 16.9 Å². The SMILES string of the molecule is CCCCCCCCCCCCCCCCCCCCCCCC1=C(c2cccc(CCCC)c2)[N+](=[N-])C(c2cccc(CCCC)c2)=C1CCCC.CC[CH2][Ni][CH2]CC. The minimum absolute atomic E-state index is 1.02. The molecule has 0 N–H and O–H groups in total. The van der Waals surface area contributed by atoms with Crippen molar-refractivity contribution in [3.05, 3.63) is 87.5 Å². The van der Waals surface area contributed by atoms with Crippen molar-refractivity contribution < 1.29 is 19.1 Å². The van der Waals surface area contributed by atoms with E-state index in [2.05, 4.69) is 90.1 Å². The van der Waals surface area contributed by atoms with Crippen LogP contribution < -0.4 is 0 Å². The molecule has 3 heteroatoms. The third-order valence-electron chi connectivity index (χ3n) is 12.2. The van der Waals surface area contributed by atoms with E-state index in [9.17, 15) is 5.53 Å². The van der Waals surface area contributed by atoms with Crippen molar-refractivity contribution >= 4 is 11.4 Å². The summed E-state index contributed by atoms with van der Waals surface area (Å²) in [5.41, 5.74) is 22.1. The molecule has 2 aromatic carbocycles. The normalized spacial score (nSPS) is 12.9. The van der Waals surface area contributed by atoms with Crippen LogP contribution in [0.1, 0.15) is 263 Å². The minimum atomic E-state index is 1.02. The Bertz CT molecular complexity index is 1410. The van der Waals surface area contributed by atoms with Crippen LogP contribution in [0.15, 0.2) is 59.7 Å². The van der Waals surface area contributed by atoms with Gasteiger partial charge < -0.3 is 5.53 Å². The van der Waals surface area contributed by atoms with Crippen LogP contribution in [0, 0.1) is 0 Å². The van der Waals surface area contributed by atoms with Gasteiger partial charge in [0.1, 0.15) is 0 Å². The zero-order valence-electron chi connectivity index (χ0n) is 40.6. The molecule has 0 bridgehead atoms. The van der Waals surface area contributed by atoms with Gasteiger partial charge in [0.2, 0.25) is 11.4 Å². The molecule has 1 heterocycles. The second kappa shape index (κ2) is 37.6. The van der Waals surface area contributed by atoms with Gasteiger partial charge in [0.15, 0.2) is 0 Å². The molecule has 344 valence electrons. The number of benzene rings is 2. The summed E-state index contributed by atoms with van der Waals surface area (Å²) in [6.45, 7) is 13.6. The van der Waals surface area contributed by atoms with Crippen molar-refractivity contribution in [3.8, 4) is 0 Å². The van der Waals surface area contributed by atoms with E-state index in [0.29, 0.717) is 0 Å². The van der Waals surface area contributed by atoms with Gasteiger partial charge in [0.25, 0.3) is 0 Å². The van der Waals surface area contributed by atoms with Crippen molar-refractivity contribution in [3.63, 3.8) is 0 Å². The zero-order chi connectivity index (χ0) is 43.3. The monoisotopic (exact) mass is 867 g/mol. The Morgan fingerprint density at radius 2 is 0.683 bits per heavy atom. The van der Waals surface area contributed by atoms with Crippen LogP contribution in [0.4, 0.5) is 0 Å². The predicted octanol–water partition coefficient (Wildman–Crippen LogP) is 20.1. The van der Waals surface area contributed by atoms with Gasteiger partial charge in [-0.05, 0) is 86.8 Å². The predicted molar refractivity (Wildman–Crippen MR) is 265 cm³/mol. The molecule has 0 amide bonds. The summed E-state index contributed by atoms with van der Waals surface area (Å²) in [6.07, 6.45) is 43.7. The molecule has 0 radical (unpaired) electrons. The van der Waals surface area contributed by atoms with Crippen molar-refractivity contribution in [2.24, 2.45) is 0 Å². The van der Waals surface area contributed by atoms with Crippen molar-refractivity contribution in [1.29, 1.82) is 0 Å². The van der Waals surface area contributed by atoms with E-state index >= 15 is 0 Å². The third kappa shape index (κ3) is 23.5. The van der Waals surface area contributed by atoms with Crippen LogP contribution in [0.2, 0.25) is 10.8 Å². The van der Waals surface area contributed by atoms with Gasteiger partial charge in [-0.2, -0.15) is 0 Å². The number of unbranched alkanes of at least 4 members (excludes halogenated alkanes) is 23. The van der Waals surface area contributed by atoms with Crippen LogP contribution >= 0.6 is 0 Å². The van der Waals surface area contributed by atoms with E-state index in [1.807, 2.05) is 14.4 Å². The number of aryl methyl sites for hydroxylation is 2. The molecule has 0 aliphatic carbocycles. The number of hydrogen-bond donors (Lipinski definition) is 0. The van der Waals surface area contributed by atoms with Crippen molar-refractivity contribution in [2.45, 2.75) is 264 Å². The molecular weight excluding hydrogens is 771 g/mol. The van der Waals surface area contributed by atoms with E-state index in [-0.39, 0.29) is 0 Å². The summed E-state index contributed by atoms with van der Waals surface area (Å²) < 4.78 is 1.59. The standard InChI is InChI=1S/C51H82N2.2C3H7.Ni/c1-5-9-13-14-15-16-17-18-19-20-21-22-23-24-25-26-27-28-29-30-31-41-49-48(40-12-8-4)50(46-38-32-36-44(42-46)34-10-6-2)53(52)51(49)47-39-33-37-45(43-47)35-11-7-3;2*1-3-2;/h32-33,36-39,42-43H,5-31,34-35,40-41H2,1-4H3;2*1,3H2,2H3;. The maximum absolute atomic E-state index is 12.1. The van der Waals surface area contributed by atoms with Gasteiger partial charge in [-0.15, -0.1) is 0 Å². The molecule has 0 spiro atoms. The maximum atomic E-state index is 12.1. The van der Waals surface area contributed by atoms with E-state index in [4.69, 9.17) is 0 Å². The molecule has 0 saturated carbocycles. The van der Waals surface area contributed by atoms with E-state index in [0.717, 1.165) is 49.9 Å². The van der Waals surface area contributed by atoms with Crippen molar-refractivity contribution in [2.75, 3.05) is 0 Å². The Balaban J connectivity index is 0.00000162. The first kappa shape index (κ1) is 54.1. The quantitative estimate of drug-likeness (QED) is 0.0367. The molecule has 2 nitrogen and oxygen atoms in total. The molecule has 3 rings (SSSR count). The van der Waals surface area contributed by atoms with Gasteiger partial charge in [-0.25, -0.2) is 4.70 Å². The summed E-state index contributed by atoms with van der Waals surface area (Å²) in [7, 11) is 0. The summed E-state index contributed by atoms with van der Waals surface area (Å²) in [5, 5.41) is 2.72. The third-order valence-corrected chi connectivity index (χ3v) is 13.9. The number of allylic oxidation sites excluding steroid dienone is 2. The molecule has 1 aliphatic rings. The first-order valence-corrected chi connectivity index (χ1v) is 27.5. The van der Waals surface area contributed by atoms with Gasteiger partial charge in [0, 0.05) is 22.3 Å². The Morgan fingerprint density at radius 3 is 1.03 bits per heavy atom. The van der Waals surface area contributed by atoms with Gasteiger partial charge in [-0.3, -0.25) is 0 Å². The molecule has 0 atom stereocenters. The average molecular weight is 868 g/mol. The first-order chi connectivity index (χ1) is 29.6. The molecule has 60 heavy (non-hydrogen) atoms. The Kier molecular flexibility index (Phi) is 33.9. The van der Waals surface area contributed by atoms with Crippen LogP contribution in [-0.2, 0) is 27.3 Å². The summed E-state index contributed by atoms with van der Waals surface area (Å²) in [6, 6.07) is 18.1. The van der Waals surface area contributed by atoms with E-state index in [1.165, 1.54) is 218 Å². The van der Waals surface area contributed by atoms with Crippen LogP contribution in [-0.4, -0.2) is 4.70 Å². The van der Waals surface area contributed by atoms with Crippen LogP contribution in [0.5, 0.6) is 0 Å². The molecule has 0 aromatic heterocycles. The fourth-order valence-corrected chi connectivity index (χ4v) is 9.63. The van der Waals surface area contributed by atoms with Gasteiger partial charge >= 0.3 is 51.9 Å². The molecule has 0 unspecified atom stereocenters. The summed E-state index contributed by atoms with van der Waals surface area (Å²) in [5.74, 6) is 0. The number of nitrogens with zero attached hydrogens (tertiary/aromatic N) is 2. The molecule has 2 aromatic rings. The zero-order valence-corrected chi connectivity index (χ0v) is 41.6. The summed E-state index contributed by atoms with van der Waals surface area (Å²) >= 11 is 1.90. The topological polar surface area (TPSA) is 25.3 Å². The average Bonchev–Trinajstić information content (AvgIpc) is 3.55. The van der Waals surface area contributed by atoms with Crippen LogP contribution in [0.3, 0.4) is 0 Å². The second-order valence-electron chi connectivity index (χ2n) is 18.0. The molecule has 1 aliphatic heterocycles. The van der Waals surface area contributed by atoms with Crippen molar-refractivity contribution in [1.82, 2.24) is 0 Å². The van der Waals surface area contributed by atoms with E-state index < -0.39 is 0 Å². The Hall–Kier alpha value is -1.99. The number of rotatable bonds is 37. The van der Waals surface area contributed by atoms with Gasteiger partial charge in [0.05, 0.1) is 0 Å². The van der Waals surface area contributed by atoms with Gasteiger partial charge in [-0.1, -0.05) is 200 Å². The second-order valence-corrected chi connectivity index (χ2v) is 19.5. The molecule has 0 fully saturated rings. The summed E-state index contributed by atoms with van der Waals surface area (Å²) in [4.78, 5) is 0. The Labute approximate surface area is 380 Å². The molecule has 0 saturated heterocycles. The fourth-order valence-electron chi connectivity index (χ4n) is 8.68. The fraction of sp³-hybridized carbons (Fsp3) is 0.719. The Morgan fingerprint density at radius 1 is 0.367 bits per heavy atom. The first-order valence-electron chi connectivity index (χ1n) is 26.1.